The quantitative estimate of drug-likeness (QED) is 0.117. The van der Waals surface area contributed by atoms with Crippen LogP contribution in [-0.2, 0) is 24.1 Å². The highest BCUT2D eigenvalue weighted by Crippen LogP contribution is 2.33. The van der Waals surface area contributed by atoms with Gasteiger partial charge in [0.25, 0.3) is 5.91 Å². The monoisotopic (exact) mass is 623 g/mol. The van der Waals surface area contributed by atoms with E-state index < -0.39 is 5.82 Å². The van der Waals surface area contributed by atoms with Crippen molar-refractivity contribution in [2.75, 3.05) is 6.54 Å². The highest BCUT2D eigenvalue weighted by atomic mass is 19.1. The molecule has 3 atom stereocenters. The molecule has 0 spiro atoms. The molecule has 2 fully saturated rings. The normalized spacial score (nSPS) is 20.2. The van der Waals surface area contributed by atoms with Crippen LogP contribution in [0.1, 0.15) is 120 Å². The molecule has 0 aliphatic heterocycles. The molecule has 0 heterocycles. The lowest BCUT2D eigenvalue weighted by molar-refractivity contribution is -0.121. The Labute approximate surface area is 274 Å². The predicted molar refractivity (Wildman–Crippen MR) is 183 cm³/mol. The molecule has 5 rings (SSSR count). The maximum Gasteiger partial charge on any atom is 0.251 e. The second kappa shape index (κ2) is 16.8. The minimum Gasteiger partial charge on any atom is -0.352 e. The summed E-state index contributed by atoms with van der Waals surface area (Å²) in [6.07, 6.45) is 14.1. The van der Waals surface area contributed by atoms with E-state index in [9.17, 15) is 18.8 Å². The molecule has 0 bridgehead atoms. The second-order valence-corrected chi connectivity index (χ2v) is 13.9. The topological polar surface area (TPSA) is 63.2 Å². The third-order valence-electron chi connectivity index (χ3n) is 10.4. The number of Topliss-reactive ketones (excluding diaryl/α,β-unsaturated/α-hetero) is 2. The molecule has 0 radical (unpaired) electrons. The van der Waals surface area contributed by atoms with Crippen molar-refractivity contribution in [1.82, 2.24) is 5.32 Å². The Morgan fingerprint density at radius 2 is 1.52 bits per heavy atom. The van der Waals surface area contributed by atoms with E-state index in [0.29, 0.717) is 54.9 Å². The number of hydrogen-bond donors (Lipinski definition) is 1. The van der Waals surface area contributed by atoms with Gasteiger partial charge < -0.3 is 5.32 Å². The van der Waals surface area contributed by atoms with E-state index in [1.807, 2.05) is 12.1 Å². The number of carbonyl (C=O) groups excluding carboxylic acids is 3. The van der Waals surface area contributed by atoms with E-state index in [0.717, 1.165) is 44.1 Å². The first kappa shape index (κ1) is 33.8. The molecule has 0 saturated heterocycles. The van der Waals surface area contributed by atoms with Crippen LogP contribution in [0.5, 0.6) is 0 Å². The molecule has 244 valence electrons. The maximum atomic E-state index is 14.3. The number of rotatable bonds is 13. The van der Waals surface area contributed by atoms with Gasteiger partial charge in [-0.25, -0.2) is 4.39 Å². The van der Waals surface area contributed by atoms with E-state index in [2.05, 4.69) is 42.6 Å². The molecule has 0 aromatic heterocycles. The van der Waals surface area contributed by atoms with Crippen molar-refractivity contribution in [3.63, 3.8) is 0 Å². The largest absolute Gasteiger partial charge is 0.352 e. The zero-order chi connectivity index (χ0) is 32.3. The molecule has 5 heteroatoms. The van der Waals surface area contributed by atoms with Crippen LogP contribution < -0.4 is 5.32 Å². The lowest BCUT2D eigenvalue weighted by atomic mass is 9.85. The summed E-state index contributed by atoms with van der Waals surface area (Å²) >= 11 is 0. The van der Waals surface area contributed by atoms with Crippen LogP contribution in [0.2, 0.25) is 0 Å². The number of nitrogens with one attached hydrogen (secondary N) is 1. The summed E-state index contributed by atoms with van der Waals surface area (Å²) in [6, 6.07) is 20.9. The number of carbonyl (C=O) groups is 3. The zero-order valence-corrected chi connectivity index (χ0v) is 27.5. The fourth-order valence-electron chi connectivity index (χ4n) is 7.65. The van der Waals surface area contributed by atoms with Gasteiger partial charge >= 0.3 is 0 Å². The standard InChI is InChI=1S/C41H50FNO3/c1-29-9-2-3-14-33(29)25-31-10-6-11-32(19-18-31)26-34-20-21-36(41(46)43-24-8-13-30-12-7-15-37(44)27-30)28-35(34)22-23-40(45)38-16-4-5-17-39(38)42/h2-5,9,14,16-17,20-21,28,30-32H,6-8,10-13,15,18-19,22-27H2,1H3,(H,43,46). The smallest absolute Gasteiger partial charge is 0.251 e. The second-order valence-electron chi connectivity index (χ2n) is 13.9. The Bertz CT molecular complexity index is 1500. The van der Waals surface area contributed by atoms with Crippen molar-refractivity contribution >= 4 is 17.5 Å². The first-order chi connectivity index (χ1) is 22.4. The van der Waals surface area contributed by atoms with Crippen LogP contribution in [0, 0.1) is 30.5 Å². The van der Waals surface area contributed by atoms with Crippen molar-refractivity contribution in [2.24, 2.45) is 17.8 Å². The van der Waals surface area contributed by atoms with Gasteiger partial charge in [-0.05, 0) is 129 Å². The van der Waals surface area contributed by atoms with Crippen molar-refractivity contribution in [3.05, 3.63) is 106 Å². The van der Waals surface area contributed by atoms with E-state index in [-0.39, 0.29) is 23.7 Å². The molecule has 2 aliphatic rings. The molecule has 4 nitrogen and oxygen atoms in total. The lowest BCUT2D eigenvalue weighted by Gasteiger charge is -2.20. The first-order valence-electron chi connectivity index (χ1n) is 17.6. The minimum absolute atomic E-state index is 0.110. The number of hydrogen-bond acceptors (Lipinski definition) is 3. The molecule has 2 saturated carbocycles. The van der Waals surface area contributed by atoms with Gasteiger partial charge in [0.2, 0.25) is 0 Å². The van der Waals surface area contributed by atoms with Gasteiger partial charge in [0, 0.05) is 31.4 Å². The molecular formula is C41H50FNO3. The van der Waals surface area contributed by atoms with Crippen LogP contribution in [0.3, 0.4) is 0 Å². The van der Waals surface area contributed by atoms with Gasteiger partial charge in [-0.2, -0.15) is 0 Å². The fraction of sp³-hybridized carbons (Fsp3) is 0.488. The first-order valence-corrected chi connectivity index (χ1v) is 17.6. The Kier molecular flexibility index (Phi) is 12.3. The summed E-state index contributed by atoms with van der Waals surface area (Å²) < 4.78 is 14.3. The van der Waals surface area contributed by atoms with Gasteiger partial charge in [-0.1, -0.05) is 61.7 Å². The predicted octanol–water partition coefficient (Wildman–Crippen LogP) is 9.20. The zero-order valence-electron chi connectivity index (χ0n) is 27.5. The number of amides is 1. The highest BCUT2D eigenvalue weighted by Gasteiger charge is 2.23. The van der Waals surface area contributed by atoms with Crippen LogP contribution in [0.4, 0.5) is 4.39 Å². The third-order valence-corrected chi connectivity index (χ3v) is 10.4. The molecular weight excluding hydrogens is 573 g/mol. The molecule has 1 amide bonds. The summed E-state index contributed by atoms with van der Waals surface area (Å²) in [6.45, 7) is 2.79. The average molecular weight is 624 g/mol. The van der Waals surface area contributed by atoms with Crippen LogP contribution in [-0.4, -0.2) is 24.0 Å². The van der Waals surface area contributed by atoms with Gasteiger partial charge in [-0.15, -0.1) is 0 Å². The van der Waals surface area contributed by atoms with Crippen molar-refractivity contribution in [3.8, 4) is 0 Å². The van der Waals surface area contributed by atoms with Crippen LogP contribution in [0.25, 0.3) is 0 Å². The summed E-state index contributed by atoms with van der Waals surface area (Å²) in [5.74, 6) is 1.26. The molecule has 46 heavy (non-hydrogen) atoms. The summed E-state index contributed by atoms with van der Waals surface area (Å²) in [5.41, 5.74) is 5.78. The lowest BCUT2D eigenvalue weighted by Crippen LogP contribution is -2.25. The van der Waals surface area contributed by atoms with Gasteiger partial charge in [0.05, 0.1) is 5.56 Å². The van der Waals surface area contributed by atoms with Gasteiger partial charge in [0.1, 0.15) is 11.6 Å². The minimum atomic E-state index is -0.489. The van der Waals surface area contributed by atoms with E-state index in [1.165, 1.54) is 54.9 Å². The Morgan fingerprint density at radius 3 is 2.28 bits per heavy atom. The van der Waals surface area contributed by atoms with Crippen LogP contribution in [0.15, 0.2) is 66.7 Å². The number of aryl methyl sites for hydroxylation is 2. The summed E-state index contributed by atoms with van der Waals surface area (Å²) in [7, 11) is 0. The van der Waals surface area contributed by atoms with Crippen molar-refractivity contribution < 1.29 is 18.8 Å². The van der Waals surface area contributed by atoms with Crippen molar-refractivity contribution in [2.45, 2.75) is 103 Å². The van der Waals surface area contributed by atoms with Gasteiger partial charge in [0.15, 0.2) is 5.78 Å². The van der Waals surface area contributed by atoms with E-state index in [4.69, 9.17) is 0 Å². The molecule has 3 aromatic rings. The SMILES string of the molecule is Cc1ccccc1CC1CCCC(Cc2ccc(C(=O)NCCCC3CCCC(=O)C3)cc2CCC(=O)c2ccccc2F)CC1. The summed E-state index contributed by atoms with van der Waals surface area (Å²) in [5, 5.41) is 3.07. The molecule has 3 aromatic carbocycles. The Hall–Kier alpha value is -3.60. The van der Waals surface area contributed by atoms with E-state index in [1.54, 1.807) is 18.2 Å². The number of halogens is 1. The van der Waals surface area contributed by atoms with Crippen LogP contribution >= 0.6 is 0 Å². The number of ketones is 2. The van der Waals surface area contributed by atoms with Gasteiger partial charge in [-0.3, -0.25) is 14.4 Å². The van der Waals surface area contributed by atoms with Crippen molar-refractivity contribution in [1.29, 1.82) is 0 Å². The average Bonchev–Trinajstić information content (AvgIpc) is 3.28. The van der Waals surface area contributed by atoms with E-state index >= 15 is 0 Å². The summed E-state index contributed by atoms with van der Waals surface area (Å²) in [4.78, 5) is 38.0. The fourth-order valence-corrected chi connectivity index (χ4v) is 7.65. The number of benzene rings is 3. The Balaban J connectivity index is 1.22. The molecule has 1 N–H and O–H groups in total. The maximum absolute atomic E-state index is 14.3. The molecule has 3 unspecified atom stereocenters. The molecule has 2 aliphatic carbocycles. The third kappa shape index (κ3) is 9.70. The highest BCUT2D eigenvalue weighted by molar-refractivity contribution is 5.97. The Morgan fingerprint density at radius 1 is 0.804 bits per heavy atom.